The molecule has 0 unspecified atom stereocenters. The van der Waals surface area contributed by atoms with E-state index in [1.54, 1.807) is 18.3 Å². The molecular formula is C21H15ClN4O. The van der Waals surface area contributed by atoms with Gasteiger partial charge in [-0.2, -0.15) is 4.98 Å². The zero-order valence-electron chi connectivity index (χ0n) is 14.3. The normalized spacial score (nSPS) is 13.1. The fraction of sp³-hybridized carbons (Fsp3) is 0.0952. The van der Waals surface area contributed by atoms with E-state index < -0.39 is 0 Å². The van der Waals surface area contributed by atoms with E-state index in [0.29, 0.717) is 22.0 Å². The second kappa shape index (κ2) is 6.21. The van der Waals surface area contributed by atoms with Gasteiger partial charge in [-0.1, -0.05) is 48.0 Å². The maximum atomic E-state index is 13.0. The Morgan fingerprint density at radius 3 is 2.70 bits per heavy atom. The maximum absolute atomic E-state index is 13.0. The lowest BCUT2D eigenvalue weighted by Gasteiger charge is -2.18. The van der Waals surface area contributed by atoms with Crippen molar-refractivity contribution in [3.05, 3.63) is 81.7 Å². The summed E-state index contributed by atoms with van der Waals surface area (Å²) in [5, 5.41) is 1.03. The summed E-state index contributed by atoms with van der Waals surface area (Å²) in [7, 11) is 0. The number of hydrogen-bond donors (Lipinski definition) is 1. The number of benzene rings is 2. The van der Waals surface area contributed by atoms with Crippen LogP contribution in [-0.2, 0) is 6.42 Å². The zero-order valence-corrected chi connectivity index (χ0v) is 15.1. The van der Waals surface area contributed by atoms with Gasteiger partial charge in [0.25, 0.3) is 5.56 Å². The van der Waals surface area contributed by atoms with Crippen LogP contribution in [0.25, 0.3) is 22.2 Å². The largest absolute Gasteiger partial charge is 0.311 e. The molecule has 1 aliphatic heterocycles. The molecule has 0 radical (unpaired) electrons. The van der Waals surface area contributed by atoms with Gasteiger partial charge >= 0.3 is 0 Å². The van der Waals surface area contributed by atoms with Crippen LogP contribution in [-0.4, -0.2) is 21.5 Å². The molecule has 0 atom stereocenters. The highest BCUT2D eigenvalue weighted by atomic mass is 35.5. The predicted molar refractivity (Wildman–Crippen MR) is 108 cm³/mol. The third-order valence-corrected chi connectivity index (χ3v) is 5.23. The molecule has 0 spiro atoms. The monoisotopic (exact) mass is 374 g/mol. The fourth-order valence-corrected chi connectivity index (χ4v) is 3.88. The van der Waals surface area contributed by atoms with Crippen molar-refractivity contribution in [1.82, 2.24) is 15.0 Å². The average Bonchev–Trinajstić information content (AvgIpc) is 3.12. The summed E-state index contributed by atoms with van der Waals surface area (Å²) in [5.41, 5.74) is 4.03. The third kappa shape index (κ3) is 2.59. The SMILES string of the molecule is O=c1[nH]c(N2CCc3ccccc32)nc2nccc(-c3ccccc3Cl)c12. The number of nitrogens with zero attached hydrogens (tertiary/aromatic N) is 3. The van der Waals surface area contributed by atoms with Crippen LogP contribution < -0.4 is 10.5 Å². The Bertz CT molecular complexity index is 1230. The van der Waals surface area contributed by atoms with E-state index in [1.807, 2.05) is 41.3 Å². The van der Waals surface area contributed by atoms with E-state index >= 15 is 0 Å². The molecule has 0 aliphatic carbocycles. The van der Waals surface area contributed by atoms with E-state index in [4.69, 9.17) is 11.6 Å². The minimum Gasteiger partial charge on any atom is -0.311 e. The molecule has 1 N–H and O–H groups in total. The second-order valence-electron chi connectivity index (χ2n) is 6.46. The molecule has 1 aliphatic rings. The quantitative estimate of drug-likeness (QED) is 0.567. The van der Waals surface area contributed by atoms with Crippen molar-refractivity contribution in [2.45, 2.75) is 6.42 Å². The molecule has 132 valence electrons. The number of halogens is 1. The number of hydrogen-bond acceptors (Lipinski definition) is 4. The zero-order chi connectivity index (χ0) is 18.4. The molecule has 0 bridgehead atoms. The van der Waals surface area contributed by atoms with Gasteiger partial charge in [0.1, 0.15) is 0 Å². The van der Waals surface area contributed by atoms with Crippen molar-refractivity contribution in [3.63, 3.8) is 0 Å². The third-order valence-electron chi connectivity index (χ3n) is 4.90. The van der Waals surface area contributed by atoms with Gasteiger partial charge in [0.15, 0.2) is 5.65 Å². The number of H-pyrrole nitrogens is 1. The van der Waals surface area contributed by atoms with Crippen molar-refractivity contribution in [2.24, 2.45) is 0 Å². The lowest BCUT2D eigenvalue weighted by atomic mass is 10.0. The van der Waals surface area contributed by atoms with Crippen molar-refractivity contribution in [1.29, 1.82) is 0 Å². The Labute approximate surface area is 160 Å². The molecule has 3 heterocycles. The Balaban J connectivity index is 1.70. The molecule has 0 saturated carbocycles. The molecule has 0 fully saturated rings. The summed E-state index contributed by atoms with van der Waals surface area (Å²) in [6, 6.07) is 17.4. The Kier molecular flexibility index (Phi) is 3.69. The number of para-hydroxylation sites is 1. The molecule has 2 aromatic heterocycles. The van der Waals surface area contributed by atoms with Crippen LogP contribution in [0.4, 0.5) is 11.6 Å². The van der Waals surface area contributed by atoms with Crippen LogP contribution in [0.2, 0.25) is 5.02 Å². The Morgan fingerprint density at radius 1 is 1.00 bits per heavy atom. The predicted octanol–water partition coefficient (Wildman–Crippen LogP) is 4.33. The number of fused-ring (bicyclic) bond motifs is 2. The standard InChI is InChI=1S/C21H15ClN4O/c22-16-7-3-2-6-14(16)15-9-11-23-19-18(15)20(27)25-21(24-19)26-12-10-13-5-1-4-8-17(13)26/h1-9,11H,10,12H2,(H,23,24,25,27). The van der Waals surface area contributed by atoms with Crippen LogP contribution in [0.5, 0.6) is 0 Å². The Morgan fingerprint density at radius 2 is 1.81 bits per heavy atom. The first-order valence-corrected chi connectivity index (χ1v) is 9.09. The first-order valence-electron chi connectivity index (χ1n) is 8.72. The van der Waals surface area contributed by atoms with Crippen LogP contribution in [0, 0.1) is 0 Å². The highest BCUT2D eigenvalue weighted by Crippen LogP contribution is 2.34. The number of aromatic nitrogens is 3. The summed E-state index contributed by atoms with van der Waals surface area (Å²) in [4.78, 5) is 26.9. The van der Waals surface area contributed by atoms with Crippen LogP contribution in [0.1, 0.15) is 5.56 Å². The van der Waals surface area contributed by atoms with Crippen molar-refractivity contribution < 1.29 is 0 Å². The van der Waals surface area contributed by atoms with Gasteiger partial charge in [-0.25, -0.2) is 4.98 Å². The molecule has 2 aromatic carbocycles. The lowest BCUT2D eigenvalue weighted by molar-refractivity contribution is 0.938. The molecule has 5 nitrogen and oxygen atoms in total. The van der Waals surface area contributed by atoms with Crippen LogP contribution >= 0.6 is 11.6 Å². The van der Waals surface area contributed by atoms with Gasteiger partial charge in [-0.15, -0.1) is 0 Å². The number of rotatable bonds is 2. The molecule has 27 heavy (non-hydrogen) atoms. The number of pyridine rings is 1. The first-order chi connectivity index (χ1) is 13.2. The highest BCUT2D eigenvalue weighted by Gasteiger charge is 2.23. The summed E-state index contributed by atoms with van der Waals surface area (Å²) in [6.45, 7) is 0.776. The van der Waals surface area contributed by atoms with E-state index in [1.165, 1.54) is 5.56 Å². The molecule has 6 heteroatoms. The fourth-order valence-electron chi connectivity index (χ4n) is 3.64. The minimum atomic E-state index is -0.220. The molecule has 5 rings (SSSR count). The highest BCUT2D eigenvalue weighted by molar-refractivity contribution is 6.33. The minimum absolute atomic E-state index is 0.220. The summed E-state index contributed by atoms with van der Waals surface area (Å²) >= 11 is 6.34. The first kappa shape index (κ1) is 16.0. The van der Waals surface area contributed by atoms with E-state index in [2.05, 4.69) is 21.0 Å². The van der Waals surface area contributed by atoms with Crippen LogP contribution in [0.3, 0.4) is 0 Å². The van der Waals surface area contributed by atoms with E-state index in [0.717, 1.165) is 29.8 Å². The molecule has 0 amide bonds. The number of anilines is 2. The number of aromatic amines is 1. The molecular weight excluding hydrogens is 360 g/mol. The molecule has 4 aromatic rings. The van der Waals surface area contributed by atoms with Gasteiger partial charge in [0.2, 0.25) is 5.95 Å². The van der Waals surface area contributed by atoms with Crippen molar-refractivity contribution in [2.75, 3.05) is 11.4 Å². The van der Waals surface area contributed by atoms with E-state index in [-0.39, 0.29) is 5.56 Å². The average molecular weight is 375 g/mol. The van der Waals surface area contributed by atoms with Crippen molar-refractivity contribution >= 4 is 34.3 Å². The number of nitrogens with one attached hydrogen (secondary N) is 1. The van der Waals surface area contributed by atoms with Gasteiger partial charge < -0.3 is 4.90 Å². The second-order valence-corrected chi connectivity index (χ2v) is 6.86. The van der Waals surface area contributed by atoms with Gasteiger partial charge in [0.05, 0.1) is 5.39 Å². The van der Waals surface area contributed by atoms with Gasteiger partial charge in [0, 0.05) is 34.6 Å². The summed E-state index contributed by atoms with van der Waals surface area (Å²) < 4.78 is 0. The molecule has 0 saturated heterocycles. The smallest absolute Gasteiger partial charge is 0.262 e. The maximum Gasteiger partial charge on any atom is 0.262 e. The van der Waals surface area contributed by atoms with E-state index in [9.17, 15) is 4.79 Å². The topological polar surface area (TPSA) is 61.9 Å². The van der Waals surface area contributed by atoms with Gasteiger partial charge in [-0.3, -0.25) is 9.78 Å². The lowest BCUT2D eigenvalue weighted by Crippen LogP contribution is -2.21. The Hall–Kier alpha value is -3.18. The summed E-state index contributed by atoms with van der Waals surface area (Å²) in [5.74, 6) is 0.515. The van der Waals surface area contributed by atoms with Gasteiger partial charge in [-0.05, 0) is 30.2 Å². The van der Waals surface area contributed by atoms with Crippen LogP contribution in [0.15, 0.2) is 65.6 Å². The summed E-state index contributed by atoms with van der Waals surface area (Å²) in [6.07, 6.45) is 2.58. The van der Waals surface area contributed by atoms with Crippen molar-refractivity contribution in [3.8, 4) is 11.1 Å².